The van der Waals surface area contributed by atoms with Crippen LogP contribution in [0, 0.1) is 0 Å². The van der Waals surface area contributed by atoms with Gasteiger partial charge in [-0.05, 0) is 26.0 Å². The summed E-state index contributed by atoms with van der Waals surface area (Å²) in [6.07, 6.45) is 1.40. The lowest BCUT2D eigenvalue weighted by atomic mass is 10.2. The molecule has 6 heteroatoms. The zero-order valence-electron chi connectivity index (χ0n) is 10.7. The van der Waals surface area contributed by atoms with Crippen LogP contribution in [0.5, 0.6) is 0 Å². The van der Waals surface area contributed by atoms with Gasteiger partial charge in [0.25, 0.3) is 0 Å². The van der Waals surface area contributed by atoms with Gasteiger partial charge in [0.05, 0.1) is 0 Å². The number of hydrogen-bond donors (Lipinski definition) is 2. The fraction of sp³-hybridized carbons (Fsp3) is 0.417. The molecule has 0 aliphatic heterocycles. The molecule has 0 aromatic carbocycles. The van der Waals surface area contributed by atoms with Gasteiger partial charge in [-0.1, -0.05) is 0 Å². The molecule has 1 amide bonds. The first-order chi connectivity index (χ1) is 8.45. The van der Waals surface area contributed by atoms with Gasteiger partial charge in [0.1, 0.15) is 11.7 Å². The van der Waals surface area contributed by atoms with Crippen molar-refractivity contribution in [3.63, 3.8) is 0 Å². The number of pyridine rings is 1. The number of nitrogens with zero attached hydrogens (tertiary/aromatic N) is 2. The normalized spacial score (nSPS) is 11.7. The average molecular weight is 251 g/mol. The molecule has 18 heavy (non-hydrogen) atoms. The maximum absolute atomic E-state index is 11.8. The third-order valence-corrected chi connectivity index (χ3v) is 2.58. The molecule has 1 rings (SSSR count). The van der Waals surface area contributed by atoms with Crippen LogP contribution in [0.3, 0.4) is 0 Å². The Labute approximate surface area is 106 Å². The van der Waals surface area contributed by atoms with Gasteiger partial charge < -0.3 is 15.3 Å². The van der Waals surface area contributed by atoms with Crippen LogP contribution in [-0.2, 0) is 4.79 Å². The van der Waals surface area contributed by atoms with E-state index in [4.69, 9.17) is 5.11 Å². The van der Waals surface area contributed by atoms with Crippen molar-refractivity contribution in [3.05, 3.63) is 24.0 Å². The van der Waals surface area contributed by atoms with Crippen LogP contribution in [0.4, 0.5) is 5.69 Å². The lowest BCUT2D eigenvalue weighted by Crippen LogP contribution is -2.38. The number of hydrogen-bond acceptors (Lipinski definition) is 4. The Morgan fingerprint density at radius 3 is 2.78 bits per heavy atom. The standard InChI is InChI=1S/C12H17N3O3/c1-4-15(3)11(16)8(2)14-9-5-6-13-10(7-9)12(17)18/h5-8H,4H2,1-3H3,(H,13,14)(H,17,18). The van der Waals surface area contributed by atoms with Gasteiger partial charge in [-0.2, -0.15) is 0 Å². The Bertz CT molecular complexity index is 448. The van der Waals surface area contributed by atoms with Gasteiger partial charge in [0.2, 0.25) is 5.91 Å². The van der Waals surface area contributed by atoms with Gasteiger partial charge >= 0.3 is 5.97 Å². The van der Waals surface area contributed by atoms with Crippen molar-refractivity contribution in [1.82, 2.24) is 9.88 Å². The maximum atomic E-state index is 11.8. The van der Waals surface area contributed by atoms with Gasteiger partial charge in [-0.15, -0.1) is 0 Å². The first-order valence-corrected chi connectivity index (χ1v) is 5.66. The number of anilines is 1. The van der Waals surface area contributed by atoms with Crippen molar-refractivity contribution in [3.8, 4) is 0 Å². The zero-order chi connectivity index (χ0) is 13.7. The molecule has 0 fully saturated rings. The molecule has 1 aromatic rings. The fourth-order valence-electron chi connectivity index (χ4n) is 1.44. The molecule has 0 aliphatic rings. The van der Waals surface area contributed by atoms with Gasteiger partial charge in [0.15, 0.2) is 0 Å². The summed E-state index contributed by atoms with van der Waals surface area (Å²) in [7, 11) is 1.72. The van der Waals surface area contributed by atoms with Gasteiger partial charge in [-0.3, -0.25) is 4.79 Å². The van der Waals surface area contributed by atoms with Crippen molar-refractivity contribution in [2.75, 3.05) is 18.9 Å². The third kappa shape index (κ3) is 3.44. The molecule has 0 bridgehead atoms. The quantitative estimate of drug-likeness (QED) is 0.817. The van der Waals surface area contributed by atoms with Crippen LogP contribution in [-0.4, -0.2) is 46.5 Å². The SMILES string of the molecule is CCN(C)C(=O)C(C)Nc1ccnc(C(=O)O)c1. The molecule has 1 heterocycles. The molecule has 2 N–H and O–H groups in total. The summed E-state index contributed by atoms with van der Waals surface area (Å²) in [4.78, 5) is 27.9. The summed E-state index contributed by atoms with van der Waals surface area (Å²) < 4.78 is 0. The number of carboxylic acid groups (broad SMARTS) is 1. The van der Waals surface area contributed by atoms with Crippen molar-refractivity contribution < 1.29 is 14.7 Å². The number of likely N-dealkylation sites (N-methyl/N-ethyl adjacent to an activating group) is 1. The van der Waals surface area contributed by atoms with Crippen molar-refractivity contribution >= 4 is 17.6 Å². The minimum Gasteiger partial charge on any atom is -0.477 e. The van der Waals surface area contributed by atoms with Crippen molar-refractivity contribution in [1.29, 1.82) is 0 Å². The maximum Gasteiger partial charge on any atom is 0.354 e. The number of aromatic carboxylic acids is 1. The largest absolute Gasteiger partial charge is 0.477 e. The zero-order valence-corrected chi connectivity index (χ0v) is 10.7. The van der Waals surface area contributed by atoms with E-state index >= 15 is 0 Å². The monoisotopic (exact) mass is 251 g/mol. The number of amides is 1. The molecule has 1 unspecified atom stereocenters. The average Bonchev–Trinajstić information content (AvgIpc) is 2.37. The number of carbonyl (C=O) groups is 2. The third-order valence-electron chi connectivity index (χ3n) is 2.58. The van der Waals surface area contributed by atoms with Gasteiger partial charge in [-0.25, -0.2) is 9.78 Å². The van der Waals surface area contributed by atoms with Gasteiger partial charge in [0, 0.05) is 25.5 Å². The topological polar surface area (TPSA) is 82.5 Å². The highest BCUT2D eigenvalue weighted by Crippen LogP contribution is 2.10. The first kappa shape index (κ1) is 14.0. The van der Waals surface area contributed by atoms with E-state index in [9.17, 15) is 9.59 Å². The number of nitrogens with one attached hydrogen (secondary N) is 1. The predicted molar refractivity (Wildman–Crippen MR) is 67.6 cm³/mol. The van der Waals surface area contributed by atoms with Crippen LogP contribution >= 0.6 is 0 Å². The van der Waals surface area contributed by atoms with E-state index in [2.05, 4.69) is 10.3 Å². The summed E-state index contributed by atoms with van der Waals surface area (Å²) >= 11 is 0. The van der Waals surface area contributed by atoms with Crippen molar-refractivity contribution in [2.45, 2.75) is 19.9 Å². The second kappa shape index (κ2) is 6.00. The molecule has 0 saturated carbocycles. The lowest BCUT2D eigenvalue weighted by molar-refractivity contribution is -0.130. The van der Waals surface area contributed by atoms with Crippen LogP contribution in [0.1, 0.15) is 24.3 Å². The summed E-state index contributed by atoms with van der Waals surface area (Å²) in [6, 6.07) is 2.61. The number of carboxylic acids is 1. The van der Waals surface area contributed by atoms with E-state index in [-0.39, 0.29) is 11.6 Å². The van der Waals surface area contributed by atoms with E-state index < -0.39 is 12.0 Å². The Morgan fingerprint density at radius 1 is 1.56 bits per heavy atom. The van der Waals surface area contributed by atoms with E-state index in [0.29, 0.717) is 12.2 Å². The minimum absolute atomic E-state index is 0.0498. The molecule has 0 saturated heterocycles. The molecule has 0 aliphatic carbocycles. The van der Waals surface area contributed by atoms with E-state index in [0.717, 1.165) is 0 Å². The molecule has 1 atom stereocenters. The summed E-state index contributed by atoms with van der Waals surface area (Å²) in [6.45, 7) is 4.25. The Balaban J connectivity index is 2.75. The fourth-order valence-corrected chi connectivity index (χ4v) is 1.44. The van der Waals surface area contributed by atoms with Crippen LogP contribution in [0.25, 0.3) is 0 Å². The number of aromatic nitrogens is 1. The summed E-state index contributed by atoms with van der Waals surface area (Å²) in [5.41, 5.74) is 0.510. The molecular formula is C12H17N3O3. The second-order valence-electron chi connectivity index (χ2n) is 3.95. The minimum atomic E-state index is -1.09. The van der Waals surface area contributed by atoms with Crippen molar-refractivity contribution in [2.24, 2.45) is 0 Å². The molecule has 1 aromatic heterocycles. The molecule has 0 radical (unpaired) electrons. The molecule has 0 spiro atoms. The smallest absolute Gasteiger partial charge is 0.354 e. The number of carbonyl (C=O) groups excluding carboxylic acids is 1. The van der Waals surface area contributed by atoms with E-state index in [1.807, 2.05) is 6.92 Å². The lowest BCUT2D eigenvalue weighted by Gasteiger charge is -2.21. The Kier molecular flexibility index (Phi) is 4.65. The molecular weight excluding hydrogens is 234 g/mol. The number of rotatable bonds is 5. The van der Waals surface area contributed by atoms with E-state index in [1.54, 1.807) is 24.9 Å². The molecule has 6 nitrogen and oxygen atoms in total. The van der Waals surface area contributed by atoms with Crippen LogP contribution < -0.4 is 5.32 Å². The highest BCUT2D eigenvalue weighted by Gasteiger charge is 2.16. The predicted octanol–water partition coefficient (Wildman–Crippen LogP) is 1.06. The Hall–Kier alpha value is -2.11. The second-order valence-corrected chi connectivity index (χ2v) is 3.95. The molecule has 98 valence electrons. The highest BCUT2D eigenvalue weighted by molar-refractivity contribution is 5.87. The van der Waals surface area contributed by atoms with Crippen LogP contribution in [0.15, 0.2) is 18.3 Å². The summed E-state index contributed by atoms with van der Waals surface area (Å²) in [5, 5.41) is 11.8. The summed E-state index contributed by atoms with van der Waals surface area (Å²) in [5.74, 6) is -1.14. The highest BCUT2D eigenvalue weighted by atomic mass is 16.4. The van der Waals surface area contributed by atoms with Crippen LogP contribution in [0.2, 0.25) is 0 Å². The first-order valence-electron chi connectivity index (χ1n) is 5.66. The van der Waals surface area contributed by atoms with E-state index in [1.165, 1.54) is 12.3 Å². The Morgan fingerprint density at radius 2 is 2.22 bits per heavy atom.